The van der Waals surface area contributed by atoms with Gasteiger partial charge in [-0.05, 0) is 37.6 Å². The van der Waals surface area contributed by atoms with Crippen LogP contribution < -0.4 is 16.4 Å². The molecule has 0 aliphatic carbocycles. The van der Waals surface area contributed by atoms with Gasteiger partial charge in [0.2, 0.25) is 11.8 Å². The van der Waals surface area contributed by atoms with Crippen molar-refractivity contribution in [2.75, 3.05) is 13.1 Å². The van der Waals surface area contributed by atoms with Crippen molar-refractivity contribution in [3.63, 3.8) is 0 Å². The van der Waals surface area contributed by atoms with Crippen LogP contribution in [0.15, 0.2) is 0 Å². The molecule has 0 aliphatic rings. The van der Waals surface area contributed by atoms with Crippen LogP contribution in [0, 0.1) is 11.3 Å². The summed E-state index contributed by atoms with van der Waals surface area (Å²) < 4.78 is 0. The van der Waals surface area contributed by atoms with Crippen molar-refractivity contribution in [1.29, 1.82) is 0 Å². The van der Waals surface area contributed by atoms with Crippen molar-refractivity contribution in [1.82, 2.24) is 10.6 Å². The van der Waals surface area contributed by atoms with Crippen LogP contribution in [-0.4, -0.2) is 30.9 Å². The average molecular weight is 285 g/mol. The Balaban J connectivity index is 4.04. The summed E-state index contributed by atoms with van der Waals surface area (Å²) in [6.07, 6.45) is 2.09. The molecule has 0 bridgehead atoms. The maximum absolute atomic E-state index is 11.8. The van der Waals surface area contributed by atoms with Gasteiger partial charge in [-0.1, -0.05) is 27.7 Å². The van der Waals surface area contributed by atoms with E-state index in [0.717, 1.165) is 12.8 Å². The zero-order valence-electron chi connectivity index (χ0n) is 13.6. The second-order valence-electron chi connectivity index (χ2n) is 6.63. The van der Waals surface area contributed by atoms with Gasteiger partial charge in [-0.3, -0.25) is 9.59 Å². The van der Waals surface area contributed by atoms with Crippen molar-refractivity contribution in [3.8, 4) is 0 Å². The van der Waals surface area contributed by atoms with Crippen molar-refractivity contribution in [2.45, 2.75) is 59.9 Å². The largest absolute Gasteiger partial charge is 0.354 e. The highest BCUT2D eigenvalue weighted by Crippen LogP contribution is 2.25. The third-order valence-electron chi connectivity index (χ3n) is 3.31. The van der Waals surface area contributed by atoms with Gasteiger partial charge < -0.3 is 16.4 Å². The fourth-order valence-electron chi connectivity index (χ4n) is 1.80. The number of carbonyl (C=O) groups excluding carboxylic acids is 2. The van der Waals surface area contributed by atoms with Crippen LogP contribution in [0.1, 0.15) is 53.9 Å². The fraction of sp³-hybridized carbons (Fsp3) is 0.867. The van der Waals surface area contributed by atoms with E-state index in [9.17, 15) is 9.59 Å². The zero-order chi connectivity index (χ0) is 15.8. The van der Waals surface area contributed by atoms with Gasteiger partial charge in [0.25, 0.3) is 0 Å². The summed E-state index contributed by atoms with van der Waals surface area (Å²) in [6, 6.07) is -0.487. The van der Waals surface area contributed by atoms with Gasteiger partial charge in [-0.15, -0.1) is 0 Å². The first-order valence-electron chi connectivity index (χ1n) is 7.45. The Kier molecular flexibility index (Phi) is 8.46. The SMILES string of the molecule is CC(C)CNC(=O)C(C)NC(=O)CCC(C)(C)CCN. The van der Waals surface area contributed by atoms with E-state index in [1.165, 1.54) is 0 Å². The molecule has 5 heteroatoms. The molecule has 0 aromatic carbocycles. The molecule has 1 unspecified atom stereocenters. The van der Waals surface area contributed by atoms with E-state index in [1.807, 2.05) is 13.8 Å². The maximum atomic E-state index is 11.8. The average Bonchev–Trinajstić information content (AvgIpc) is 2.33. The predicted octanol–water partition coefficient (Wildman–Crippen LogP) is 1.42. The van der Waals surface area contributed by atoms with Crippen LogP contribution in [0.3, 0.4) is 0 Å². The first-order chi connectivity index (χ1) is 9.18. The van der Waals surface area contributed by atoms with E-state index < -0.39 is 6.04 Å². The lowest BCUT2D eigenvalue weighted by molar-refractivity contribution is -0.128. The van der Waals surface area contributed by atoms with Crippen molar-refractivity contribution < 1.29 is 9.59 Å². The molecule has 0 radical (unpaired) electrons. The highest BCUT2D eigenvalue weighted by atomic mass is 16.2. The quantitative estimate of drug-likeness (QED) is 0.599. The molecule has 0 aliphatic heterocycles. The molecule has 0 aromatic heterocycles. The van der Waals surface area contributed by atoms with Gasteiger partial charge in [-0.2, -0.15) is 0 Å². The third-order valence-corrected chi connectivity index (χ3v) is 3.31. The first-order valence-corrected chi connectivity index (χ1v) is 7.45. The second kappa shape index (κ2) is 8.95. The molecule has 0 fully saturated rings. The van der Waals surface area contributed by atoms with Gasteiger partial charge in [-0.25, -0.2) is 0 Å². The van der Waals surface area contributed by atoms with Crippen LogP contribution in [0.5, 0.6) is 0 Å². The van der Waals surface area contributed by atoms with E-state index in [-0.39, 0.29) is 17.2 Å². The standard InChI is InChI=1S/C15H31N3O2/c1-11(2)10-17-14(20)12(3)18-13(19)6-7-15(4,5)8-9-16/h11-12H,6-10,16H2,1-5H3,(H,17,20)(H,18,19). The second-order valence-corrected chi connectivity index (χ2v) is 6.63. The number of rotatable bonds is 9. The molecule has 0 aromatic rings. The van der Waals surface area contributed by atoms with Gasteiger partial charge in [0.05, 0.1) is 0 Å². The number of hydrogen-bond donors (Lipinski definition) is 3. The molecule has 0 saturated carbocycles. The monoisotopic (exact) mass is 285 g/mol. The molecule has 1 atom stereocenters. The van der Waals surface area contributed by atoms with Crippen LogP contribution in [0.25, 0.3) is 0 Å². The summed E-state index contributed by atoms with van der Waals surface area (Å²) in [5.74, 6) is 0.189. The lowest BCUT2D eigenvalue weighted by Gasteiger charge is -2.23. The molecule has 0 rings (SSSR count). The summed E-state index contributed by atoms with van der Waals surface area (Å²) in [7, 11) is 0. The van der Waals surface area contributed by atoms with Gasteiger partial charge in [0.1, 0.15) is 6.04 Å². The maximum Gasteiger partial charge on any atom is 0.242 e. The van der Waals surface area contributed by atoms with E-state index in [2.05, 4.69) is 24.5 Å². The topological polar surface area (TPSA) is 84.2 Å². The minimum absolute atomic E-state index is 0.0647. The minimum atomic E-state index is -0.487. The summed E-state index contributed by atoms with van der Waals surface area (Å²) in [5, 5.41) is 5.55. The number of hydrogen-bond acceptors (Lipinski definition) is 3. The lowest BCUT2D eigenvalue weighted by Crippen LogP contribution is -2.45. The summed E-state index contributed by atoms with van der Waals surface area (Å²) >= 11 is 0. The minimum Gasteiger partial charge on any atom is -0.354 e. The van der Waals surface area contributed by atoms with Crippen LogP contribution in [0.2, 0.25) is 0 Å². The number of carbonyl (C=O) groups is 2. The zero-order valence-corrected chi connectivity index (χ0v) is 13.6. The van der Waals surface area contributed by atoms with Gasteiger partial charge in [0.15, 0.2) is 0 Å². The Morgan fingerprint density at radius 1 is 1.15 bits per heavy atom. The molecular formula is C15H31N3O2. The Morgan fingerprint density at radius 3 is 2.25 bits per heavy atom. The summed E-state index contributed by atoms with van der Waals surface area (Å²) in [4.78, 5) is 23.6. The Bertz CT molecular complexity index is 314. The molecule has 5 nitrogen and oxygen atoms in total. The Labute approximate surface area is 123 Å². The van der Waals surface area contributed by atoms with E-state index in [4.69, 9.17) is 5.73 Å². The Hall–Kier alpha value is -1.10. The van der Waals surface area contributed by atoms with Crippen molar-refractivity contribution >= 4 is 11.8 Å². The highest BCUT2D eigenvalue weighted by molar-refractivity contribution is 5.87. The molecule has 2 amide bonds. The smallest absolute Gasteiger partial charge is 0.242 e. The molecule has 0 spiro atoms. The predicted molar refractivity (Wildman–Crippen MR) is 82.1 cm³/mol. The summed E-state index contributed by atoms with van der Waals surface area (Å²) in [5.41, 5.74) is 5.61. The number of nitrogens with one attached hydrogen (secondary N) is 2. The molecule has 0 saturated heterocycles. The van der Waals surface area contributed by atoms with Gasteiger partial charge >= 0.3 is 0 Å². The molecule has 4 N–H and O–H groups in total. The number of nitrogens with two attached hydrogens (primary N) is 1. The summed E-state index contributed by atoms with van der Waals surface area (Å²) in [6.45, 7) is 11.2. The van der Waals surface area contributed by atoms with E-state index >= 15 is 0 Å². The highest BCUT2D eigenvalue weighted by Gasteiger charge is 2.20. The lowest BCUT2D eigenvalue weighted by atomic mass is 9.84. The van der Waals surface area contributed by atoms with Crippen molar-refractivity contribution in [2.24, 2.45) is 17.1 Å². The number of amides is 2. The molecule has 20 heavy (non-hydrogen) atoms. The first kappa shape index (κ1) is 18.9. The molecule has 0 heterocycles. The third kappa shape index (κ3) is 8.91. The van der Waals surface area contributed by atoms with Crippen LogP contribution in [0.4, 0.5) is 0 Å². The van der Waals surface area contributed by atoms with Crippen LogP contribution >= 0.6 is 0 Å². The van der Waals surface area contributed by atoms with Crippen molar-refractivity contribution in [3.05, 3.63) is 0 Å². The fourth-order valence-corrected chi connectivity index (χ4v) is 1.80. The normalized spacial score (nSPS) is 13.2. The Morgan fingerprint density at radius 2 is 1.75 bits per heavy atom. The van der Waals surface area contributed by atoms with Crippen LogP contribution in [-0.2, 0) is 9.59 Å². The van der Waals surface area contributed by atoms with E-state index in [0.29, 0.717) is 25.4 Å². The molecular weight excluding hydrogens is 254 g/mol. The molecule has 118 valence electrons. The van der Waals surface area contributed by atoms with Gasteiger partial charge in [0, 0.05) is 13.0 Å². The van der Waals surface area contributed by atoms with E-state index in [1.54, 1.807) is 6.92 Å².